The van der Waals surface area contributed by atoms with Crippen molar-refractivity contribution in [3.8, 4) is 0 Å². The van der Waals surface area contributed by atoms with Gasteiger partial charge in [-0.25, -0.2) is 13.1 Å². The van der Waals surface area contributed by atoms with E-state index < -0.39 is 10.0 Å². The minimum atomic E-state index is -3.37. The normalized spacial score (nSPS) is 13.7. The molecule has 0 saturated heterocycles. The van der Waals surface area contributed by atoms with Gasteiger partial charge in [0.2, 0.25) is 10.0 Å². The Balaban J connectivity index is 4.76. The van der Waals surface area contributed by atoms with E-state index in [1.807, 2.05) is 6.92 Å². The van der Waals surface area contributed by atoms with Crippen LogP contribution in [-0.4, -0.2) is 15.0 Å². The molecule has 0 saturated carbocycles. The average molecular weight is 227 g/mol. The predicted molar refractivity (Wildman–Crippen MR) is 64.8 cm³/mol. The molecule has 0 radical (unpaired) electrons. The van der Waals surface area contributed by atoms with E-state index in [1.54, 1.807) is 18.2 Å². The third kappa shape index (κ3) is 5.34. The van der Waals surface area contributed by atoms with Crippen LogP contribution in [0.2, 0.25) is 0 Å². The van der Waals surface area contributed by atoms with Gasteiger partial charge < -0.3 is 0 Å². The van der Waals surface area contributed by atoms with Crippen molar-refractivity contribution in [2.45, 2.75) is 13.8 Å². The molecule has 0 rings (SSSR count). The first kappa shape index (κ1) is 13.9. The highest BCUT2D eigenvalue weighted by atomic mass is 32.2. The van der Waals surface area contributed by atoms with E-state index >= 15 is 0 Å². The number of hydrogen-bond acceptors (Lipinski definition) is 2. The van der Waals surface area contributed by atoms with Gasteiger partial charge >= 0.3 is 0 Å². The van der Waals surface area contributed by atoms with E-state index in [4.69, 9.17) is 0 Å². The molecule has 0 spiro atoms. The fraction of sp³-hybridized carbons (Fsp3) is 0.273. The van der Waals surface area contributed by atoms with Crippen LogP contribution < -0.4 is 4.72 Å². The molecular formula is C11H17NO2S. The zero-order chi connectivity index (χ0) is 11.9. The second kappa shape index (κ2) is 6.37. The smallest absolute Gasteiger partial charge is 0.208 e. The van der Waals surface area contributed by atoms with Gasteiger partial charge in [-0.2, -0.15) is 0 Å². The first-order valence-electron chi connectivity index (χ1n) is 4.52. The highest BCUT2D eigenvalue weighted by Gasteiger charge is 2.09. The molecular weight excluding hydrogens is 210 g/mol. The quantitative estimate of drug-likeness (QED) is 0.558. The van der Waals surface area contributed by atoms with Crippen molar-refractivity contribution in [2.75, 3.05) is 6.54 Å². The van der Waals surface area contributed by atoms with E-state index in [-0.39, 0.29) is 11.4 Å². The lowest BCUT2D eigenvalue weighted by Crippen LogP contribution is -2.23. The summed E-state index contributed by atoms with van der Waals surface area (Å²) in [7, 11) is -3.37. The Morgan fingerprint density at radius 2 is 1.87 bits per heavy atom. The van der Waals surface area contributed by atoms with Gasteiger partial charge in [0, 0.05) is 6.54 Å². The molecule has 0 aromatic carbocycles. The number of nitrogens with one attached hydrogen (secondary N) is 1. The molecule has 0 atom stereocenters. The molecule has 0 bridgehead atoms. The molecule has 1 N–H and O–H groups in total. The van der Waals surface area contributed by atoms with Crippen molar-refractivity contribution in [3.63, 3.8) is 0 Å². The van der Waals surface area contributed by atoms with Gasteiger partial charge in [0.05, 0.1) is 4.91 Å². The van der Waals surface area contributed by atoms with E-state index in [2.05, 4.69) is 17.9 Å². The summed E-state index contributed by atoms with van der Waals surface area (Å²) in [6.07, 6.45) is 6.40. The van der Waals surface area contributed by atoms with E-state index in [9.17, 15) is 8.42 Å². The monoisotopic (exact) mass is 227 g/mol. The van der Waals surface area contributed by atoms with Crippen molar-refractivity contribution in [2.24, 2.45) is 0 Å². The Labute approximate surface area is 91.9 Å². The van der Waals surface area contributed by atoms with Crippen LogP contribution >= 0.6 is 0 Å². The Bertz CT molecular complexity index is 389. The SMILES string of the molecule is C=CCNS(=O)(=O)/C(C)=C/C=C(/C)C=C. The standard InChI is InChI=1S/C11H17NO2S/c1-5-9-12-15(13,14)11(4)8-7-10(3)6-2/h5-8,12H,1-2,9H2,3-4H3/b10-7-,11-8+. The van der Waals surface area contributed by atoms with Crippen molar-refractivity contribution in [1.29, 1.82) is 0 Å². The molecule has 0 amide bonds. The van der Waals surface area contributed by atoms with Crippen LogP contribution in [0.5, 0.6) is 0 Å². The summed E-state index contributed by atoms with van der Waals surface area (Å²) < 4.78 is 25.4. The van der Waals surface area contributed by atoms with Crippen LogP contribution in [0.25, 0.3) is 0 Å². The van der Waals surface area contributed by atoms with Gasteiger partial charge in [0.25, 0.3) is 0 Å². The number of hydrogen-bond donors (Lipinski definition) is 1. The van der Waals surface area contributed by atoms with Crippen LogP contribution in [0.15, 0.2) is 47.9 Å². The zero-order valence-electron chi connectivity index (χ0n) is 9.16. The molecule has 0 unspecified atom stereocenters. The summed E-state index contributed by atoms with van der Waals surface area (Å²) in [5.74, 6) is 0. The first-order valence-corrected chi connectivity index (χ1v) is 6.00. The topological polar surface area (TPSA) is 46.2 Å². The van der Waals surface area contributed by atoms with Crippen LogP contribution in [0.4, 0.5) is 0 Å². The summed E-state index contributed by atoms with van der Waals surface area (Å²) in [5, 5.41) is 0. The maximum absolute atomic E-state index is 11.5. The van der Waals surface area contributed by atoms with Gasteiger partial charge in [-0.05, 0) is 19.9 Å². The molecule has 0 aliphatic heterocycles. The lowest BCUT2D eigenvalue weighted by atomic mass is 10.3. The summed E-state index contributed by atoms with van der Waals surface area (Å²) in [5.41, 5.74) is 0.910. The third-order valence-corrected chi connectivity index (χ3v) is 3.28. The average Bonchev–Trinajstić information content (AvgIpc) is 2.22. The third-order valence-electron chi connectivity index (χ3n) is 1.74. The van der Waals surface area contributed by atoms with Crippen molar-refractivity contribution in [1.82, 2.24) is 4.72 Å². The molecule has 4 heteroatoms. The van der Waals surface area contributed by atoms with Gasteiger partial charge in [0.1, 0.15) is 0 Å². The number of rotatable bonds is 6. The lowest BCUT2D eigenvalue weighted by molar-refractivity contribution is 0.592. The van der Waals surface area contributed by atoms with E-state index in [0.29, 0.717) is 0 Å². The summed E-state index contributed by atoms with van der Waals surface area (Å²) in [4.78, 5) is 0.269. The van der Waals surface area contributed by atoms with Gasteiger partial charge in [-0.15, -0.1) is 6.58 Å². The van der Waals surface area contributed by atoms with Crippen LogP contribution in [-0.2, 0) is 10.0 Å². The molecule has 0 aliphatic carbocycles. The first-order chi connectivity index (χ1) is 6.94. The van der Waals surface area contributed by atoms with Crippen LogP contribution in [0, 0.1) is 0 Å². The molecule has 0 aromatic heterocycles. The van der Waals surface area contributed by atoms with Crippen molar-refractivity contribution < 1.29 is 8.42 Å². The maximum Gasteiger partial charge on any atom is 0.236 e. The molecule has 15 heavy (non-hydrogen) atoms. The Kier molecular flexibility index (Phi) is 5.89. The van der Waals surface area contributed by atoms with Gasteiger partial charge in [-0.3, -0.25) is 0 Å². The van der Waals surface area contributed by atoms with Crippen LogP contribution in [0.3, 0.4) is 0 Å². The van der Waals surface area contributed by atoms with Gasteiger partial charge in [0.15, 0.2) is 0 Å². The van der Waals surface area contributed by atoms with E-state index in [0.717, 1.165) is 5.57 Å². The molecule has 0 aromatic rings. The molecule has 3 nitrogen and oxygen atoms in total. The summed E-state index contributed by atoms with van der Waals surface area (Å²) in [6, 6.07) is 0. The Hall–Kier alpha value is -1.13. The van der Waals surface area contributed by atoms with Gasteiger partial charge in [-0.1, -0.05) is 30.4 Å². The largest absolute Gasteiger partial charge is 0.236 e. The molecule has 0 aliphatic rings. The lowest BCUT2D eigenvalue weighted by Gasteiger charge is -2.03. The second-order valence-electron chi connectivity index (χ2n) is 3.03. The number of sulfonamides is 1. The fourth-order valence-corrected chi connectivity index (χ4v) is 1.50. The van der Waals surface area contributed by atoms with Crippen molar-refractivity contribution >= 4 is 10.0 Å². The van der Waals surface area contributed by atoms with Crippen LogP contribution in [0.1, 0.15) is 13.8 Å². The highest BCUT2D eigenvalue weighted by molar-refractivity contribution is 7.93. The Morgan fingerprint density at radius 3 is 2.33 bits per heavy atom. The minimum absolute atomic E-state index is 0.234. The predicted octanol–water partition coefficient (Wildman–Crippen LogP) is 2.13. The second-order valence-corrected chi connectivity index (χ2v) is 4.97. The fourth-order valence-electron chi connectivity index (χ4n) is 0.689. The Morgan fingerprint density at radius 1 is 1.27 bits per heavy atom. The molecule has 84 valence electrons. The molecule has 0 heterocycles. The van der Waals surface area contributed by atoms with E-state index in [1.165, 1.54) is 13.0 Å². The van der Waals surface area contributed by atoms with Crippen molar-refractivity contribution in [3.05, 3.63) is 47.9 Å². The zero-order valence-corrected chi connectivity index (χ0v) is 9.97. The maximum atomic E-state index is 11.5. The summed E-state index contributed by atoms with van der Waals surface area (Å²) in [6.45, 7) is 10.6. The minimum Gasteiger partial charge on any atom is -0.208 e. The molecule has 0 fully saturated rings. The highest BCUT2D eigenvalue weighted by Crippen LogP contribution is 2.04. The number of allylic oxidation sites excluding steroid dienone is 5. The summed E-state index contributed by atoms with van der Waals surface area (Å²) >= 11 is 0.